The van der Waals surface area contributed by atoms with Crippen LogP contribution in [0.25, 0.3) is 0 Å². The molecule has 0 nitrogen and oxygen atoms in total. The Morgan fingerprint density at radius 1 is 1.22 bits per heavy atom. The van der Waals surface area contributed by atoms with E-state index >= 15 is 0 Å². The average Bonchev–Trinajstić information content (AvgIpc) is 2.43. The summed E-state index contributed by atoms with van der Waals surface area (Å²) >= 11 is 0. The summed E-state index contributed by atoms with van der Waals surface area (Å²) in [6.07, 6.45) is 7.43. The molecule has 1 rings (SSSR count). The Bertz CT molecular complexity index is 46.5. The normalized spacial score (nSPS) is 19.0. The number of halogens is 1. The van der Waals surface area contributed by atoms with Crippen molar-refractivity contribution in [3.8, 4) is 0 Å². The van der Waals surface area contributed by atoms with Crippen LogP contribution in [0.5, 0.6) is 0 Å². The van der Waals surface area contributed by atoms with Gasteiger partial charge in [0.05, 0.1) is 7.18 Å². The first-order chi connectivity index (χ1) is 4.43. The van der Waals surface area contributed by atoms with Crippen LogP contribution < -0.4 is 0 Å². The van der Waals surface area contributed by atoms with Gasteiger partial charge in [-0.25, -0.2) is 0 Å². The fourth-order valence-corrected chi connectivity index (χ4v) is 1.42. The predicted molar refractivity (Wildman–Crippen MR) is 39.3 cm³/mol. The molecule has 0 aromatic carbocycles. The van der Waals surface area contributed by atoms with E-state index in [-0.39, 0.29) is 0 Å². The third kappa shape index (κ3) is 3.50. The molecule has 1 fully saturated rings. The molecule has 0 radical (unpaired) electrons. The lowest BCUT2D eigenvalue weighted by molar-refractivity contribution is 0.531. The second-order valence-corrected chi connectivity index (χ2v) is 2.56. The van der Waals surface area contributed by atoms with Crippen molar-refractivity contribution in [2.24, 2.45) is 5.92 Å². The molecule has 1 heteroatoms. The summed E-state index contributed by atoms with van der Waals surface area (Å²) in [5.74, 6) is 1.10. The van der Waals surface area contributed by atoms with Crippen LogP contribution in [0.15, 0.2) is 0 Å². The Morgan fingerprint density at radius 2 is 1.67 bits per heavy atom. The van der Waals surface area contributed by atoms with Crippen molar-refractivity contribution in [2.45, 2.75) is 39.0 Å². The van der Waals surface area contributed by atoms with Crippen LogP contribution in [0.3, 0.4) is 0 Å². The number of rotatable bonds is 1. The minimum atomic E-state index is 0.500. The predicted octanol–water partition coefficient (Wildman–Crippen LogP) is 3.17. The third-order valence-electron chi connectivity index (χ3n) is 2.05. The third-order valence-corrected chi connectivity index (χ3v) is 2.05. The topological polar surface area (TPSA) is 0 Å². The second-order valence-electron chi connectivity index (χ2n) is 2.56. The maximum atomic E-state index is 9.50. The highest BCUT2D eigenvalue weighted by Gasteiger charge is 2.11. The summed E-state index contributed by atoms with van der Waals surface area (Å²) in [6, 6.07) is 0. The molecule has 1 aliphatic carbocycles. The molecule has 0 aromatic rings. The van der Waals surface area contributed by atoms with Crippen molar-refractivity contribution in [2.75, 3.05) is 7.18 Å². The Kier molecular flexibility index (Phi) is 6.01. The molecule has 0 saturated heterocycles. The van der Waals surface area contributed by atoms with Gasteiger partial charge < -0.3 is 0 Å². The van der Waals surface area contributed by atoms with Crippen LogP contribution in [-0.2, 0) is 0 Å². The highest BCUT2D eigenvalue weighted by Crippen LogP contribution is 2.26. The lowest BCUT2D eigenvalue weighted by Crippen LogP contribution is -1.86. The summed E-state index contributed by atoms with van der Waals surface area (Å²) in [5, 5.41) is 0. The van der Waals surface area contributed by atoms with Crippen molar-refractivity contribution in [3.05, 3.63) is 0 Å². The van der Waals surface area contributed by atoms with Gasteiger partial charge in [-0.3, -0.25) is 4.39 Å². The van der Waals surface area contributed by atoms with Gasteiger partial charge in [0.2, 0.25) is 0 Å². The fraction of sp³-hybridized carbons (Fsp3) is 1.00. The van der Waals surface area contributed by atoms with Gasteiger partial charge in [-0.05, 0) is 5.92 Å². The first-order valence-electron chi connectivity index (χ1n) is 3.81. The van der Waals surface area contributed by atoms with E-state index in [1.165, 1.54) is 32.1 Å². The van der Waals surface area contributed by atoms with Gasteiger partial charge in [0.15, 0.2) is 0 Å². The number of hydrogen-bond donors (Lipinski definition) is 0. The van der Waals surface area contributed by atoms with Crippen molar-refractivity contribution < 1.29 is 4.39 Å². The number of hydrogen-bond acceptors (Lipinski definition) is 0. The molecular formula is C8H17F. The highest BCUT2D eigenvalue weighted by molar-refractivity contribution is 4.64. The van der Waals surface area contributed by atoms with E-state index in [0.29, 0.717) is 7.18 Å². The van der Waals surface area contributed by atoms with Crippen LogP contribution in [-0.4, -0.2) is 7.18 Å². The van der Waals surface area contributed by atoms with Crippen molar-refractivity contribution in [3.63, 3.8) is 0 Å². The van der Waals surface area contributed by atoms with E-state index in [1.54, 1.807) is 0 Å². The molecule has 0 aromatic heterocycles. The first-order valence-corrected chi connectivity index (χ1v) is 3.81. The van der Waals surface area contributed by atoms with Crippen molar-refractivity contribution in [1.29, 1.82) is 0 Å². The lowest BCUT2D eigenvalue weighted by atomic mass is 10.1. The van der Waals surface area contributed by atoms with Crippen LogP contribution in [0.1, 0.15) is 39.0 Å². The van der Waals surface area contributed by atoms with Gasteiger partial charge in [-0.1, -0.05) is 39.0 Å². The average molecular weight is 132 g/mol. The largest absolute Gasteiger partial charge is 0.255 e. The van der Waals surface area contributed by atoms with Gasteiger partial charge in [0.1, 0.15) is 0 Å². The molecule has 0 unspecified atom stereocenters. The molecule has 0 atom stereocenters. The van der Waals surface area contributed by atoms with E-state index in [2.05, 4.69) is 6.92 Å². The van der Waals surface area contributed by atoms with E-state index in [9.17, 15) is 4.39 Å². The SMILES string of the molecule is CCC1CCCC1.CF. The minimum absolute atomic E-state index is 0.500. The zero-order chi connectivity index (χ0) is 7.11. The van der Waals surface area contributed by atoms with E-state index in [1.807, 2.05) is 0 Å². The zero-order valence-electron chi connectivity index (χ0n) is 6.49. The monoisotopic (exact) mass is 132 g/mol. The van der Waals surface area contributed by atoms with Gasteiger partial charge in [-0.2, -0.15) is 0 Å². The maximum absolute atomic E-state index is 9.50. The maximum Gasteiger partial charge on any atom is 0.0785 e. The molecule has 0 heterocycles. The molecule has 0 N–H and O–H groups in total. The highest BCUT2D eigenvalue weighted by atomic mass is 19.1. The molecule has 0 spiro atoms. The summed E-state index contributed by atoms with van der Waals surface area (Å²) in [6.45, 7) is 2.30. The summed E-state index contributed by atoms with van der Waals surface area (Å²) in [5.41, 5.74) is 0. The Labute approximate surface area is 57.5 Å². The molecule has 0 amide bonds. The second kappa shape index (κ2) is 6.06. The van der Waals surface area contributed by atoms with Crippen LogP contribution in [0.2, 0.25) is 0 Å². The molecule has 0 bridgehead atoms. The summed E-state index contributed by atoms with van der Waals surface area (Å²) < 4.78 is 9.50. The number of alkyl halides is 1. The Hall–Kier alpha value is -0.0700. The van der Waals surface area contributed by atoms with Crippen molar-refractivity contribution in [1.82, 2.24) is 0 Å². The van der Waals surface area contributed by atoms with Crippen molar-refractivity contribution >= 4 is 0 Å². The fourth-order valence-electron chi connectivity index (χ4n) is 1.42. The smallest absolute Gasteiger partial charge is 0.0785 e. The molecule has 9 heavy (non-hydrogen) atoms. The molecule has 1 aliphatic rings. The van der Waals surface area contributed by atoms with E-state index in [0.717, 1.165) is 5.92 Å². The van der Waals surface area contributed by atoms with E-state index in [4.69, 9.17) is 0 Å². The lowest BCUT2D eigenvalue weighted by Gasteiger charge is -1.99. The zero-order valence-corrected chi connectivity index (χ0v) is 6.49. The van der Waals surface area contributed by atoms with E-state index < -0.39 is 0 Å². The summed E-state index contributed by atoms with van der Waals surface area (Å²) in [4.78, 5) is 0. The molecular weight excluding hydrogens is 115 g/mol. The first kappa shape index (κ1) is 8.93. The van der Waals surface area contributed by atoms with Crippen LogP contribution in [0.4, 0.5) is 4.39 Å². The molecule has 1 saturated carbocycles. The Balaban J connectivity index is 0.000000291. The molecule has 56 valence electrons. The molecule has 0 aliphatic heterocycles. The minimum Gasteiger partial charge on any atom is -0.255 e. The summed E-state index contributed by atoms with van der Waals surface area (Å²) in [7, 11) is 0.500. The standard InChI is InChI=1S/C7H14.CH3F/c1-2-7-5-3-4-6-7;1-2/h7H,2-6H2,1H3;1H3. The quantitative estimate of drug-likeness (QED) is 0.514. The van der Waals surface area contributed by atoms with Gasteiger partial charge >= 0.3 is 0 Å². The van der Waals surface area contributed by atoms with Gasteiger partial charge in [0.25, 0.3) is 0 Å². The van der Waals surface area contributed by atoms with Gasteiger partial charge in [-0.15, -0.1) is 0 Å². The van der Waals surface area contributed by atoms with Crippen LogP contribution >= 0.6 is 0 Å². The van der Waals surface area contributed by atoms with Crippen LogP contribution in [0, 0.1) is 5.92 Å². The Morgan fingerprint density at radius 3 is 1.89 bits per heavy atom. The van der Waals surface area contributed by atoms with Gasteiger partial charge in [0, 0.05) is 0 Å².